The van der Waals surface area contributed by atoms with E-state index in [1.165, 1.54) is 13.5 Å². The monoisotopic (exact) mass is 262 g/mol. The number of hydrogen-bond acceptors (Lipinski definition) is 6. The van der Waals surface area contributed by atoms with Crippen molar-refractivity contribution in [3.05, 3.63) is 36.0 Å². The molecule has 7 heteroatoms. The maximum Gasteiger partial charge on any atom is 0.251 e. The van der Waals surface area contributed by atoms with E-state index >= 15 is 0 Å². The van der Waals surface area contributed by atoms with E-state index in [1.807, 2.05) is 0 Å². The number of carbonyl (C=O) groups is 1. The molecule has 0 aliphatic heterocycles. The van der Waals surface area contributed by atoms with Crippen LogP contribution in [-0.2, 0) is 6.42 Å². The molecule has 0 aliphatic rings. The van der Waals surface area contributed by atoms with Gasteiger partial charge in [0.15, 0.2) is 5.82 Å². The van der Waals surface area contributed by atoms with E-state index in [2.05, 4.69) is 20.0 Å². The molecule has 7 nitrogen and oxygen atoms in total. The summed E-state index contributed by atoms with van der Waals surface area (Å²) in [5.41, 5.74) is 6.61. The van der Waals surface area contributed by atoms with Crippen LogP contribution in [0.2, 0.25) is 0 Å². The second kappa shape index (κ2) is 5.85. The number of nitrogens with one attached hydrogen (secondary N) is 1. The molecule has 19 heavy (non-hydrogen) atoms. The van der Waals surface area contributed by atoms with Gasteiger partial charge in [-0.1, -0.05) is 5.16 Å². The fraction of sp³-hybridized carbons (Fsp3) is 0.250. The first kappa shape index (κ1) is 12.9. The Bertz CT molecular complexity index is 554. The lowest BCUT2D eigenvalue weighted by molar-refractivity contribution is 0.0953. The Labute approximate surface area is 109 Å². The number of aromatic nitrogens is 2. The van der Waals surface area contributed by atoms with Crippen molar-refractivity contribution < 1.29 is 14.1 Å². The molecule has 0 fully saturated rings. The number of methoxy groups -OCH3 is 1. The largest absolute Gasteiger partial charge is 0.497 e. The number of nitrogens with zero attached hydrogens (tertiary/aromatic N) is 2. The van der Waals surface area contributed by atoms with Gasteiger partial charge in [-0.05, 0) is 12.1 Å². The third kappa shape index (κ3) is 3.44. The molecule has 1 amide bonds. The van der Waals surface area contributed by atoms with Gasteiger partial charge in [-0.3, -0.25) is 4.79 Å². The van der Waals surface area contributed by atoms with Gasteiger partial charge >= 0.3 is 0 Å². The van der Waals surface area contributed by atoms with E-state index in [9.17, 15) is 4.79 Å². The van der Waals surface area contributed by atoms with Gasteiger partial charge < -0.3 is 20.3 Å². The molecule has 0 spiro atoms. The predicted molar refractivity (Wildman–Crippen MR) is 67.7 cm³/mol. The van der Waals surface area contributed by atoms with Gasteiger partial charge in [-0.15, -0.1) is 0 Å². The highest BCUT2D eigenvalue weighted by Gasteiger charge is 2.08. The number of benzene rings is 1. The van der Waals surface area contributed by atoms with Crippen LogP contribution in [0.4, 0.5) is 5.69 Å². The summed E-state index contributed by atoms with van der Waals surface area (Å²) in [4.78, 5) is 15.8. The van der Waals surface area contributed by atoms with Crippen LogP contribution in [0.3, 0.4) is 0 Å². The lowest BCUT2D eigenvalue weighted by atomic mass is 10.1. The summed E-state index contributed by atoms with van der Waals surface area (Å²) < 4.78 is 9.65. The zero-order valence-corrected chi connectivity index (χ0v) is 10.4. The number of rotatable bonds is 5. The van der Waals surface area contributed by atoms with E-state index in [1.54, 1.807) is 18.2 Å². The number of carbonyl (C=O) groups excluding carboxylic acids is 1. The first-order valence-corrected chi connectivity index (χ1v) is 5.67. The molecule has 100 valence electrons. The van der Waals surface area contributed by atoms with Crippen molar-refractivity contribution in [3.63, 3.8) is 0 Å². The second-order valence-electron chi connectivity index (χ2n) is 3.85. The van der Waals surface area contributed by atoms with Gasteiger partial charge in [-0.25, -0.2) is 0 Å². The number of amides is 1. The Balaban J connectivity index is 1.94. The maximum absolute atomic E-state index is 11.9. The Morgan fingerprint density at radius 1 is 1.47 bits per heavy atom. The molecule has 0 aliphatic carbocycles. The van der Waals surface area contributed by atoms with Crippen LogP contribution in [0.5, 0.6) is 5.75 Å². The summed E-state index contributed by atoms with van der Waals surface area (Å²) in [6, 6.07) is 4.86. The average Bonchev–Trinajstić information content (AvgIpc) is 2.91. The fourth-order valence-corrected chi connectivity index (χ4v) is 1.56. The van der Waals surface area contributed by atoms with Gasteiger partial charge in [0, 0.05) is 30.3 Å². The minimum Gasteiger partial charge on any atom is -0.497 e. The molecule has 0 unspecified atom stereocenters. The normalized spacial score (nSPS) is 10.2. The minimum atomic E-state index is -0.228. The van der Waals surface area contributed by atoms with E-state index in [-0.39, 0.29) is 5.91 Å². The van der Waals surface area contributed by atoms with Crippen LogP contribution in [0, 0.1) is 0 Å². The number of hydrogen-bond donors (Lipinski definition) is 2. The van der Waals surface area contributed by atoms with Gasteiger partial charge in [0.2, 0.25) is 6.39 Å². The Hall–Kier alpha value is -2.57. The lowest BCUT2D eigenvalue weighted by Gasteiger charge is -2.07. The van der Waals surface area contributed by atoms with Crippen LogP contribution < -0.4 is 15.8 Å². The second-order valence-corrected chi connectivity index (χ2v) is 3.85. The van der Waals surface area contributed by atoms with Crippen molar-refractivity contribution in [1.82, 2.24) is 15.5 Å². The van der Waals surface area contributed by atoms with Crippen molar-refractivity contribution in [3.8, 4) is 5.75 Å². The van der Waals surface area contributed by atoms with Gasteiger partial charge in [-0.2, -0.15) is 4.98 Å². The van der Waals surface area contributed by atoms with Crippen LogP contribution in [-0.4, -0.2) is 29.7 Å². The highest BCUT2D eigenvalue weighted by molar-refractivity contribution is 5.95. The zero-order chi connectivity index (χ0) is 13.7. The molecule has 0 bridgehead atoms. The molecule has 2 aromatic rings. The van der Waals surface area contributed by atoms with E-state index < -0.39 is 0 Å². The molecular formula is C12H14N4O3. The number of ether oxygens (including phenoxy) is 1. The quantitative estimate of drug-likeness (QED) is 0.766. The molecule has 1 aromatic heterocycles. The summed E-state index contributed by atoms with van der Waals surface area (Å²) in [7, 11) is 1.52. The summed E-state index contributed by atoms with van der Waals surface area (Å²) in [6.45, 7) is 0.412. The number of nitrogens with two attached hydrogens (primary N) is 1. The SMILES string of the molecule is COc1cc(N)cc(C(=O)NCCc2ncon2)c1. The average molecular weight is 262 g/mol. The molecule has 1 aromatic carbocycles. The predicted octanol–water partition coefficient (Wildman–Crippen LogP) is 0.633. The van der Waals surface area contributed by atoms with Gasteiger partial charge in [0.25, 0.3) is 5.91 Å². The van der Waals surface area contributed by atoms with Crippen molar-refractivity contribution in [2.45, 2.75) is 6.42 Å². The lowest BCUT2D eigenvalue weighted by Crippen LogP contribution is -2.26. The highest BCUT2D eigenvalue weighted by atomic mass is 16.5. The van der Waals surface area contributed by atoms with Crippen LogP contribution >= 0.6 is 0 Å². The van der Waals surface area contributed by atoms with Crippen LogP contribution in [0.1, 0.15) is 16.2 Å². The first-order chi connectivity index (χ1) is 9.19. The minimum absolute atomic E-state index is 0.228. The van der Waals surface area contributed by atoms with Crippen molar-refractivity contribution in [2.75, 3.05) is 19.4 Å². The van der Waals surface area contributed by atoms with Crippen molar-refractivity contribution in [1.29, 1.82) is 0 Å². The molecule has 3 N–H and O–H groups in total. The zero-order valence-electron chi connectivity index (χ0n) is 10.4. The van der Waals surface area contributed by atoms with Gasteiger partial charge in [0.1, 0.15) is 5.75 Å². The van der Waals surface area contributed by atoms with E-state index in [4.69, 9.17) is 10.5 Å². The standard InChI is InChI=1S/C12H14N4O3/c1-18-10-5-8(4-9(13)6-10)12(17)14-3-2-11-15-7-19-16-11/h4-7H,2-3,13H2,1H3,(H,14,17). The Morgan fingerprint density at radius 3 is 3.00 bits per heavy atom. The molecule has 0 saturated heterocycles. The molecule has 0 radical (unpaired) electrons. The first-order valence-electron chi connectivity index (χ1n) is 5.67. The Morgan fingerprint density at radius 2 is 2.32 bits per heavy atom. The molecule has 0 atom stereocenters. The topological polar surface area (TPSA) is 103 Å². The highest BCUT2D eigenvalue weighted by Crippen LogP contribution is 2.18. The van der Waals surface area contributed by atoms with E-state index in [0.29, 0.717) is 35.8 Å². The molecular weight excluding hydrogens is 248 g/mol. The van der Waals surface area contributed by atoms with E-state index in [0.717, 1.165) is 0 Å². The van der Waals surface area contributed by atoms with Crippen LogP contribution in [0.25, 0.3) is 0 Å². The van der Waals surface area contributed by atoms with Crippen LogP contribution in [0.15, 0.2) is 29.1 Å². The molecule has 2 rings (SSSR count). The third-order valence-electron chi connectivity index (χ3n) is 2.47. The third-order valence-corrected chi connectivity index (χ3v) is 2.47. The molecule has 1 heterocycles. The number of anilines is 1. The summed E-state index contributed by atoms with van der Waals surface area (Å²) >= 11 is 0. The number of nitrogen functional groups attached to an aromatic ring is 1. The van der Waals surface area contributed by atoms with Gasteiger partial charge in [0.05, 0.1) is 7.11 Å². The van der Waals surface area contributed by atoms with Crippen molar-refractivity contribution >= 4 is 11.6 Å². The summed E-state index contributed by atoms with van der Waals surface area (Å²) in [5.74, 6) is 0.864. The Kier molecular flexibility index (Phi) is 3.97. The fourth-order valence-electron chi connectivity index (χ4n) is 1.56. The summed E-state index contributed by atoms with van der Waals surface area (Å²) in [5, 5.41) is 6.39. The summed E-state index contributed by atoms with van der Waals surface area (Å²) in [6.07, 6.45) is 1.75. The molecule has 0 saturated carbocycles. The van der Waals surface area contributed by atoms with Crippen molar-refractivity contribution in [2.24, 2.45) is 0 Å². The smallest absolute Gasteiger partial charge is 0.251 e. The maximum atomic E-state index is 11.9.